The second kappa shape index (κ2) is 11.0. The number of esters is 1. The van der Waals surface area contributed by atoms with Crippen LogP contribution in [-0.2, 0) is 19.1 Å². The van der Waals surface area contributed by atoms with Crippen molar-refractivity contribution in [2.24, 2.45) is 11.8 Å². The molecule has 36 heavy (non-hydrogen) atoms. The zero-order chi connectivity index (χ0) is 26.0. The van der Waals surface area contributed by atoms with E-state index in [1.54, 1.807) is 29.7 Å². The molecule has 1 spiro atoms. The Labute approximate surface area is 218 Å². The zero-order valence-electron chi connectivity index (χ0n) is 21.5. The smallest absolute Gasteiger partial charge is 0.310 e. The van der Waals surface area contributed by atoms with Crippen molar-refractivity contribution in [3.63, 3.8) is 0 Å². The van der Waals surface area contributed by atoms with E-state index in [1.807, 2.05) is 42.2 Å². The number of hydrogen-bond acceptors (Lipinski definition) is 6. The van der Waals surface area contributed by atoms with Gasteiger partial charge in [0.2, 0.25) is 11.8 Å². The molecule has 2 amide bonds. The van der Waals surface area contributed by atoms with Crippen LogP contribution in [0.4, 0.5) is 0 Å². The van der Waals surface area contributed by atoms with E-state index in [0.717, 1.165) is 24.8 Å². The van der Waals surface area contributed by atoms with Gasteiger partial charge in [-0.15, -0.1) is 18.3 Å². The summed E-state index contributed by atoms with van der Waals surface area (Å²) in [6, 6.07) is 7.87. The average molecular weight is 515 g/mol. The van der Waals surface area contributed by atoms with Crippen LogP contribution in [0, 0.1) is 11.8 Å². The van der Waals surface area contributed by atoms with Gasteiger partial charge in [-0.3, -0.25) is 14.4 Å². The molecule has 7 nitrogen and oxygen atoms in total. The molecule has 0 saturated carbocycles. The summed E-state index contributed by atoms with van der Waals surface area (Å²) < 4.78 is 4.69. The number of carbonyl (C=O) groups excluding carboxylic acids is 3. The number of fused-ring (bicyclic) bond motifs is 1. The molecule has 4 rings (SSSR count). The molecule has 0 aliphatic carbocycles. The summed E-state index contributed by atoms with van der Waals surface area (Å²) in [5, 5.41) is 10.5. The minimum atomic E-state index is -0.777. The second-order valence-electron chi connectivity index (χ2n) is 10.1. The Hall–Kier alpha value is -2.32. The van der Waals surface area contributed by atoms with E-state index in [2.05, 4.69) is 13.5 Å². The summed E-state index contributed by atoms with van der Waals surface area (Å²) in [7, 11) is 0. The van der Waals surface area contributed by atoms with Crippen molar-refractivity contribution in [1.82, 2.24) is 9.80 Å². The number of hydrogen-bond donors (Lipinski definition) is 1. The quantitative estimate of drug-likeness (QED) is 0.359. The Morgan fingerprint density at radius 3 is 2.67 bits per heavy atom. The van der Waals surface area contributed by atoms with Crippen molar-refractivity contribution in [1.29, 1.82) is 0 Å². The first-order valence-electron chi connectivity index (χ1n) is 13.1. The molecule has 0 aromatic heterocycles. The Kier molecular flexibility index (Phi) is 8.15. The number of thioether (sulfide) groups is 1. The van der Waals surface area contributed by atoms with E-state index in [-0.39, 0.29) is 42.3 Å². The van der Waals surface area contributed by atoms with Crippen LogP contribution in [0.5, 0.6) is 0 Å². The van der Waals surface area contributed by atoms with Gasteiger partial charge in [-0.05, 0) is 38.7 Å². The van der Waals surface area contributed by atoms with Crippen molar-refractivity contribution < 1.29 is 24.2 Å². The van der Waals surface area contributed by atoms with Gasteiger partial charge in [0.15, 0.2) is 0 Å². The predicted molar refractivity (Wildman–Crippen MR) is 140 cm³/mol. The molecule has 3 unspecified atom stereocenters. The summed E-state index contributed by atoms with van der Waals surface area (Å²) in [4.78, 5) is 45.2. The summed E-state index contributed by atoms with van der Waals surface area (Å²) in [5.41, 5.74) is 0.770. The Morgan fingerprint density at radius 1 is 1.33 bits per heavy atom. The van der Waals surface area contributed by atoms with Crippen LogP contribution in [0.2, 0.25) is 0 Å². The minimum Gasteiger partial charge on any atom is -0.466 e. The lowest BCUT2D eigenvalue weighted by Crippen LogP contribution is -2.57. The van der Waals surface area contributed by atoms with E-state index in [0.29, 0.717) is 13.0 Å². The number of aliphatic hydroxyl groups is 1. The summed E-state index contributed by atoms with van der Waals surface area (Å²) in [6.07, 6.45) is 4.92. The third kappa shape index (κ3) is 4.26. The van der Waals surface area contributed by atoms with Gasteiger partial charge in [-0.2, -0.15) is 0 Å². The molecule has 3 aliphatic heterocycles. The molecule has 7 atom stereocenters. The van der Waals surface area contributed by atoms with Crippen molar-refractivity contribution in [3.8, 4) is 0 Å². The highest BCUT2D eigenvalue weighted by Crippen LogP contribution is 2.67. The molecule has 196 valence electrons. The maximum atomic E-state index is 14.5. The lowest BCUT2D eigenvalue weighted by Gasteiger charge is -2.41. The number of rotatable bonds is 11. The predicted octanol–water partition coefficient (Wildman–Crippen LogP) is 3.58. The fraction of sp³-hybridized carbons (Fsp3) is 0.607. The molecule has 1 N–H and O–H groups in total. The number of ether oxygens (including phenoxy) is 1. The molecule has 8 heteroatoms. The second-order valence-corrected chi connectivity index (χ2v) is 11.7. The molecule has 3 aliphatic rings. The first-order valence-corrected chi connectivity index (χ1v) is 14.0. The fourth-order valence-corrected chi connectivity index (χ4v) is 8.79. The van der Waals surface area contributed by atoms with Crippen LogP contribution in [0.15, 0.2) is 43.0 Å². The molecule has 3 heterocycles. The van der Waals surface area contributed by atoms with Crippen LogP contribution in [0.3, 0.4) is 0 Å². The number of carbonyl (C=O) groups is 3. The molecule has 0 radical (unpaired) electrons. The topological polar surface area (TPSA) is 87.2 Å². The van der Waals surface area contributed by atoms with Gasteiger partial charge in [-0.1, -0.05) is 49.8 Å². The third-order valence-electron chi connectivity index (χ3n) is 8.07. The molecule has 3 fully saturated rings. The minimum absolute atomic E-state index is 0.0262. The normalized spacial score (nSPS) is 30.1. The summed E-state index contributed by atoms with van der Waals surface area (Å²) in [5.74, 6) is -1.93. The number of likely N-dealkylation sites (tertiary alicyclic amines) is 1. The van der Waals surface area contributed by atoms with Gasteiger partial charge in [0.25, 0.3) is 0 Å². The van der Waals surface area contributed by atoms with E-state index in [9.17, 15) is 19.5 Å². The highest BCUT2D eigenvalue weighted by atomic mass is 32.2. The highest BCUT2D eigenvalue weighted by Gasteiger charge is 2.75. The molecule has 3 saturated heterocycles. The number of amides is 2. The van der Waals surface area contributed by atoms with E-state index in [1.165, 1.54) is 0 Å². The highest BCUT2D eigenvalue weighted by molar-refractivity contribution is 8.02. The van der Waals surface area contributed by atoms with Gasteiger partial charge in [-0.25, -0.2) is 0 Å². The zero-order valence-corrected chi connectivity index (χ0v) is 22.3. The molecule has 2 bridgehead atoms. The van der Waals surface area contributed by atoms with E-state index in [4.69, 9.17) is 4.74 Å². The standard InChI is InChI=1S/C28H38N2O5S/c1-5-11-18(4)29(16-6-2)26(33)24-28-15-14-21(36-28)22(27(34)35-7-3)23(28)25(32)30(24)20(17-31)19-12-9-8-10-13-19/h6,8-10,12-13,18,20-24,31H,2,5,7,11,14-17H2,1,3-4H3/t18?,20-,21+,22-,23+,24?,28?/m1/s1. The monoisotopic (exact) mass is 514 g/mol. The van der Waals surface area contributed by atoms with Crippen LogP contribution >= 0.6 is 11.8 Å². The summed E-state index contributed by atoms with van der Waals surface area (Å²) >= 11 is 1.62. The molecular formula is C28H38N2O5S. The first kappa shape index (κ1) is 26.7. The lowest BCUT2D eigenvalue weighted by molar-refractivity contribution is -0.154. The van der Waals surface area contributed by atoms with Crippen molar-refractivity contribution in [2.45, 2.75) is 74.6 Å². The van der Waals surface area contributed by atoms with Gasteiger partial charge < -0.3 is 19.6 Å². The van der Waals surface area contributed by atoms with Crippen molar-refractivity contribution in [3.05, 3.63) is 48.6 Å². The van der Waals surface area contributed by atoms with Crippen molar-refractivity contribution in [2.75, 3.05) is 19.8 Å². The van der Waals surface area contributed by atoms with E-state index >= 15 is 0 Å². The van der Waals surface area contributed by atoms with Crippen molar-refractivity contribution >= 4 is 29.5 Å². The van der Waals surface area contributed by atoms with Gasteiger partial charge in [0, 0.05) is 17.8 Å². The molecule has 1 aromatic rings. The van der Waals surface area contributed by atoms with E-state index < -0.39 is 28.7 Å². The lowest BCUT2D eigenvalue weighted by atomic mass is 9.71. The molecule has 1 aromatic carbocycles. The maximum absolute atomic E-state index is 14.5. The molecular weight excluding hydrogens is 476 g/mol. The third-order valence-corrected chi connectivity index (χ3v) is 10.0. The van der Waals surface area contributed by atoms with Gasteiger partial charge in [0.1, 0.15) is 6.04 Å². The summed E-state index contributed by atoms with van der Waals surface area (Å²) in [6.45, 7) is 10.1. The maximum Gasteiger partial charge on any atom is 0.310 e. The Balaban J connectivity index is 1.83. The van der Waals surface area contributed by atoms with Crippen LogP contribution in [-0.4, -0.2) is 74.5 Å². The first-order chi connectivity index (χ1) is 17.4. The number of aliphatic hydroxyl groups excluding tert-OH is 1. The van der Waals surface area contributed by atoms with Crippen LogP contribution < -0.4 is 0 Å². The largest absolute Gasteiger partial charge is 0.466 e. The van der Waals surface area contributed by atoms with Gasteiger partial charge in [0.05, 0.1) is 35.8 Å². The Bertz CT molecular complexity index is 987. The number of benzene rings is 1. The van der Waals surface area contributed by atoms with Gasteiger partial charge >= 0.3 is 5.97 Å². The van der Waals surface area contributed by atoms with Crippen LogP contribution in [0.1, 0.15) is 58.1 Å². The number of nitrogens with zero attached hydrogens (tertiary/aromatic N) is 2. The Morgan fingerprint density at radius 2 is 2.06 bits per heavy atom. The van der Waals surface area contributed by atoms with Crippen LogP contribution in [0.25, 0.3) is 0 Å². The fourth-order valence-electron chi connectivity index (χ4n) is 6.60. The SMILES string of the molecule is C=CCN(C(=O)C1N([C@H](CO)c2ccccc2)C(=O)[C@@H]2[C@H](C(=O)OCC)[C@@H]3CCC12S3)C(C)CCC. The average Bonchev–Trinajstić information content (AvgIpc) is 3.51.